The van der Waals surface area contributed by atoms with Gasteiger partial charge in [-0.15, -0.1) is 0 Å². The highest BCUT2D eigenvalue weighted by molar-refractivity contribution is 5.99. The van der Waals surface area contributed by atoms with Crippen molar-refractivity contribution >= 4 is 5.78 Å². The van der Waals surface area contributed by atoms with Crippen LogP contribution < -0.4 is 4.74 Å². The molecule has 1 aromatic carbocycles. The number of carbonyl (C=O) groups is 1. The first-order chi connectivity index (χ1) is 9.52. The number of benzene rings is 1. The van der Waals surface area contributed by atoms with E-state index in [9.17, 15) is 9.90 Å². The van der Waals surface area contributed by atoms with Gasteiger partial charge in [0.15, 0.2) is 5.78 Å². The highest BCUT2D eigenvalue weighted by Crippen LogP contribution is 2.21. The normalized spacial score (nSPS) is 25.2. The molecular formula is C16H23NO3. The van der Waals surface area contributed by atoms with Gasteiger partial charge in [0, 0.05) is 12.1 Å². The summed E-state index contributed by atoms with van der Waals surface area (Å²) < 4.78 is 5.10. The summed E-state index contributed by atoms with van der Waals surface area (Å²) in [5.41, 5.74) is 0.686. The average Bonchev–Trinajstić information content (AvgIpc) is 2.48. The maximum Gasteiger partial charge on any atom is 0.179 e. The molecule has 2 rings (SSSR count). The van der Waals surface area contributed by atoms with Gasteiger partial charge in [-0.3, -0.25) is 9.69 Å². The molecule has 0 bridgehead atoms. The third-order valence-corrected chi connectivity index (χ3v) is 4.25. The van der Waals surface area contributed by atoms with Crippen molar-refractivity contribution in [2.75, 3.05) is 20.2 Å². The zero-order chi connectivity index (χ0) is 14.7. The molecule has 1 heterocycles. The molecule has 4 nitrogen and oxygen atoms in total. The topological polar surface area (TPSA) is 49.8 Å². The van der Waals surface area contributed by atoms with Crippen molar-refractivity contribution in [1.29, 1.82) is 0 Å². The Morgan fingerprint density at radius 3 is 2.60 bits per heavy atom. The Hall–Kier alpha value is -1.39. The van der Waals surface area contributed by atoms with Crippen molar-refractivity contribution in [1.82, 2.24) is 4.90 Å². The number of hydrogen-bond donors (Lipinski definition) is 1. The summed E-state index contributed by atoms with van der Waals surface area (Å²) in [6.07, 6.45) is 0.594. The molecule has 1 saturated heterocycles. The molecule has 1 aliphatic rings. The Balaban J connectivity index is 2.04. The van der Waals surface area contributed by atoms with E-state index in [2.05, 4.69) is 11.8 Å². The largest absolute Gasteiger partial charge is 0.497 e. The molecule has 1 fully saturated rings. The molecule has 110 valence electrons. The van der Waals surface area contributed by atoms with Gasteiger partial charge in [0.05, 0.1) is 19.3 Å². The molecule has 20 heavy (non-hydrogen) atoms. The molecule has 1 N–H and O–H groups in total. The number of piperidine rings is 1. The quantitative estimate of drug-likeness (QED) is 0.855. The van der Waals surface area contributed by atoms with Crippen LogP contribution in [0.4, 0.5) is 0 Å². The molecule has 0 amide bonds. The number of aliphatic hydroxyl groups is 1. The van der Waals surface area contributed by atoms with Crippen LogP contribution in [0.25, 0.3) is 0 Å². The second kappa shape index (κ2) is 6.37. The van der Waals surface area contributed by atoms with Gasteiger partial charge in [-0.1, -0.05) is 6.92 Å². The molecule has 0 aliphatic carbocycles. The SMILES string of the molecule is COc1ccc(C(=O)C(C)N2CCC(C)C(O)C2)cc1. The van der Waals surface area contributed by atoms with E-state index in [-0.39, 0.29) is 17.9 Å². The van der Waals surface area contributed by atoms with E-state index in [1.807, 2.05) is 6.92 Å². The van der Waals surface area contributed by atoms with Crippen LogP contribution in [0.2, 0.25) is 0 Å². The van der Waals surface area contributed by atoms with E-state index in [4.69, 9.17) is 4.74 Å². The second-order valence-corrected chi connectivity index (χ2v) is 5.60. The first kappa shape index (κ1) is 15.0. The van der Waals surface area contributed by atoms with Crippen LogP contribution >= 0.6 is 0 Å². The fraction of sp³-hybridized carbons (Fsp3) is 0.562. The number of ketones is 1. The van der Waals surface area contributed by atoms with E-state index in [1.165, 1.54) is 0 Å². The van der Waals surface area contributed by atoms with Gasteiger partial charge < -0.3 is 9.84 Å². The van der Waals surface area contributed by atoms with E-state index >= 15 is 0 Å². The van der Waals surface area contributed by atoms with Crippen molar-refractivity contribution in [3.63, 3.8) is 0 Å². The Kier molecular flexibility index (Phi) is 4.78. The molecule has 4 heteroatoms. The number of Topliss-reactive ketones (excluding diaryl/α,β-unsaturated/α-hetero) is 1. The predicted molar refractivity (Wildman–Crippen MR) is 78.1 cm³/mol. The van der Waals surface area contributed by atoms with Gasteiger partial charge in [0.1, 0.15) is 5.75 Å². The lowest BCUT2D eigenvalue weighted by atomic mass is 9.93. The lowest BCUT2D eigenvalue weighted by Crippen LogP contribution is -2.49. The van der Waals surface area contributed by atoms with E-state index in [0.29, 0.717) is 18.0 Å². The number of rotatable bonds is 4. The monoisotopic (exact) mass is 277 g/mol. The predicted octanol–water partition coefficient (Wildman–Crippen LogP) is 1.97. The minimum Gasteiger partial charge on any atom is -0.497 e. The Bertz CT molecular complexity index is 457. The molecule has 0 spiro atoms. The highest BCUT2D eigenvalue weighted by Gasteiger charge is 2.30. The van der Waals surface area contributed by atoms with Crippen molar-refractivity contribution in [2.45, 2.75) is 32.4 Å². The van der Waals surface area contributed by atoms with Gasteiger partial charge in [0.25, 0.3) is 0 Å². The minimum absolute atomic E-state index is 0.0920. The third kappa shape index (κ3) is 3.19. The molecule has 3 unspecified atom stereocenters. The lowest BCUT2D eigenvalue weighted by molar-refractivity contribution is 0.0146. The Labute approximate surface area is 120 Å². The van der Waals surface area contributed by atoms with Crippen molar-refractivity contribution in [2.24, 2.45) is 5.92 Å². The Morgan fingerprint density at radius 1 is 1.40 bits per heavy atom. The van der Waals surface area contributed by atoms with Crippen LogP contribution in [0.15, 0.2) is 24.3 Å². The number of ether oxygens (including phenoxy) is 1. The molecule has 0 saturated carbocycles. The summed E-state index contributed by atoms with van der Waals surface area (Å²) in [5.74, 6) is 1.15. The maximum absolute atomic E-state index is 12.5. The van der Waals surface area contributed by atoms with Gasteiger partial charge in [-0.25, -0.2) is 0 Å². The smallest absolute Gasteiger partial charge is 0.179 e. The first-order valence-electron chi connectivity index (χ1n) is 7.13. The number of methoxy groups -OCH3 is 1. The molecule has 1 aliphatic heterocycles. The standard InChI is InChI=1S/C16H23NO3/c1-11-8-9-17(10-15(11)18)12(2)16(19)13-4-6-14(20-3)7-5-13/h4-7,11-12,15,18H,8-10H2,1-3H3. The van der Waals surface area contributed by atoms with Crippen molar-refractivity contribution in [3.8, 4) is 5.75 Å². The van der Waals surface area contributed by atoms with E-state index < -0.39 is 0 Å². The average molecular weight is 277 g/mol. The number of β-amino-alcohol motifs (C(OH)–C–C–N with tert-alkyl or cyclic N) is 1. The summed E-state index contributed by atoms with van der Waals surface area (Å²) >= 11 is 0. The number of nitrogens with zero attached hydrogens (tertiary/aromatic N) is 1. The first-order valence-corrected chi connectivity index (χ1v) is 7.13. The molecule has 1 aromatic rings. The number of likely N-dealkylation sites (tertiary alicyclic amines) is 1. The van der Waals surface area contributed by atoms with E-state index in [0.717, 1.165) is 18.7 Å². The fourth-order valence-corrected chi connectivity index (χ4v) is 2.59. The van der Waals surface area contributed by atoms with E-state index in [1.54, 1.807) is 31.4 Å². The van der Waals surface area contributed by atoms with Crippen LogP contribution in [0.1, 0.15) is 30.6 Å². The van der Waals surface area contributed by atoms with Crippen LogP contribution in [0.5, 0.6) is 5.75 Å². The highest BCUT2D eigenvalue weighted by atomic mass is 16.5. The summed E-state index contributed by atoms with van der Waals surface area (Å²) in [7, 11) is 1.61. The van der Waals surface area contributed by atoms with Crippen LogP contribution in [-0.2, 0) is 0 Å². The van der Waals surface area contributed by atoms with Crippen molar-refractivity contribution < 1.29 is 14.6 Å². The number of hydrogen-bond acceptors (Lipinski definition) is 4. The molecule has 0 aromatic heterocycles. The molecule has 3 atom stereocenters. The minimum atomic E-state index is -0.338. The lowest BCUT2D eigenvalue weighted by Gasteiger charge is -2.37. The van der Waals surface area contributed by atoms with Gasteiger partial charge in [0.2, 0.25) is 0 Å². The number of aliphatic hydroxyl groups excluding tert-OH is 1. The van der Waals surface area contributed by atoms with Crippen LogP contribution in [0, 0.1) is 5.92 Å². The fourth-order valence-electron chi connectivity index (χ4n) is 2.59. The van der Waals surface area contributed by atoms with Gasteiger partial charge >= 0.3 is 0 Å². The van der Waals surface area contributed by atoms with Crippen LogP contribution in [0.3, 0.4) is 0 Å². The third-order valence-electron chi connectivity index (χ3n) is 4.25. The van der Waals surface area contributed by atoms with Crippen LogP contribution in [-0.4, -0.2) is 48.1 Å². The summed E-state index contributed by atoms with van der Waals surface area (Å²) in [6.45, 7) is 5.40. The maximum atomic E-state index is 12.5. The second-order valence-electron chi connectivity index (χ2n) is 5.60. The summed E-state index contributed by atoms with van der Waals surface area (Å²) in [6, 6.07) is 6.98. The zero-order valence-electron chi connectivity index (χ0n) is 12.4. The van der Waals surface area contributed by atoms with Gasteiger partial charge in [-0.2, -0.15) is 0 Å². The number of carbonyl (C=O) groups excluding carboxylic acids is 1. The molecule has 0 radical (unpaired) electrons. The molecular weight excluding hydrogens is 254 g/mol. The summed E-state index contributed by atoms with van der Waals surface area (Å²) in [5, 5.41) is 9.95. The Morgan fingerprint density at radius 2 is 2.05 bits per heavy atom. The van der Waals surface area contributed by atoms with Gasteiger partial charge in [-0.05, 0) is 50.1 Å². The van der Waals surface area contributed by atoms with Crippen molar-refractivity contribution in [3.05, 3.63) is 29.8 Å². The summed E-state index contributed by atoms with van der Waals surface area (Å²) in [4.78, 5) is 14.5. The zero-order valence-corrected chi connectivity index (χ0v) is 12.4.